The number of hydrogen-bond acceptors (Lipinski definition) is 6. The monoisotopic (exact) mass is 540 g/mol. The van der Waals surface area contributed by atoms with Crippen molar-refractivity contribution in [2.45, 2.75) is 51.1 Å². The molecule has 0 radical (unpaired) electrons. The number of carbonyl (C=O) groups is 1. The quantitative estimate of drug-likeness (QED) is 0.617. The van der Waals surface area contributed by atoms with Crippen molar-refractivity contribution in [3.63, 3.8) is 0 Å². The van der Waals surface area contributed by atoms with Gasteiger partial charge in [0.05, 0.1) is 12.6 Å². The van der Waals surface area contributed by atoms with Gasteiger partial charge in [-0.15, -0.1) is 0 Å². The number of halogens is 2. The molecule has 5 heterocycles. The molecule has 0 bridgehead atoms. The summed E-state index contributed by atoms with van der Waals surface area (Å²) in [6.07, 6.45) is 3.84. The molecular weight excluding hydrogens is 502 g/mol. The highest BCUT2D eigenvalue weighted by molar-refractivity contribution is 5.78. The summed E-state index contributed by atoms with van der Waals surface area (Å²) in [5.41, 5.74) is 5.71. The number of urea groups is 1. The lowest BCUT2D eigenvalue weighted by atomic mass is 9.92. The number of hydrogen-bond donors (Lipinski definition) is 2. The van der Waals surface area contributed by atoms with Crippen LogP contribution in [-0.4, -0.2) is 84.6 Å². The first kappa shape index (κ1) is 26.1. The number of rotatable bonds is 4. The van der Waals surface area contributed by atoms with Crippen molar-refractivity contribution >= 4 is 23.1 Å². The molecule has 0 unspecified atom stereocenters. The molecule has 2 amide bonds. The second kappa shape index (κ2) is 10.4. The highest BCUT2D eigenvalue weighted by Gasteiger charge is 2.35. The zero-order chi connectivity index (χ0) is 27.3. The van der Waals surface area contributed by atoms with Crippen LogP contribution in [0.4, 0.5) is 25.1 Å². The number of anilines is 2. The van der Waals surface area contributed by atoms with Crippen molar-refractivity contribution in [2.24, 2.45) is 0 Å². The highest BCUT2D eigenvalue weighted by atomic mass is 19.3. The molecule has 2 aromatic rings. The molecule has 1 saturated heterocycles. The van der Waals surface area contributed by atoms with Crippen LogP contribution in [0.3, 0.4) is 0 Å². The molecule has 210 valence electrons. The van der Waals surface area contributed by atoms with Crippen LogP contribution in [0.2, 0.25) is 0 Å². The van der Waals surface area contributed by atoms with E-state index in [-0.39, 0.29) is 11.6 Å². The minimum Gasteiger partial charge on any atom is -0.341 e. The van der Waals surface area contributed by atoms with E-state index in [0.717, 1.165) is 73.4 Å². The van der Waals surface area contributed by atoms with E-state index < -0.39 is 6.43 Å². The molecule has 6 rings (SSSR count). The van der Waals surface area contributed by atoms with Crippen LogP contribution in [0.1, 0.15) is 59.7 Å². The van der Waals surface area contributed by atoms with E-state index in [0.29, 0.717) is 37.8 Å². The number of fused-ring (bicyclic) bond motifs is 2. The second-order valence-corrected chi connectivity index (χ2v) is 11.1. The number of carbonyl (C=O) groups excluding carboxylic acids is 1. The summed E-state index contributed by atoms with van der Waals surface area (Å²) in [6.45, 7) is 4.31. The summed E-state index contributed by atoms with van der Waals surface area (Å²) >= 11 is 0. The van der Waals surface area contributed by atoms with E-state index in [1.807, 2.05) is 41.3 Å². The zero-order valence-corrected chi connectivity index (χ0v) is 23.0. The lowest BCUT2D eigenvalue weighted by molar-refractivity contribution is 0.118. The molecule has 0 spiro atoms. The molecule has 11 heteroatoms. The van der Waals surface area contributed by atoms with Gasteiger partial charge in [0.1, 0.15) is 0 Å². The van der Waals surface area contributed by atoms with Crippen LogP contribution in [0, 0.1) is 0 Å². The third-order valence-corrected chi connectivity index (χ3v) is 8.71. The van der Waals surface area contributed by atoms with Gasteiger partial charge in [0.15, 0.2) is 5.82 Å². The average Bonchev–Trinajstić information content (AvgIpc) is 3.50. The van der Waals surface area contributed by atoms with Crippen molar-refractivity contribution in [2.75, 3.05) is 58.8 Å². The van der Waals surface area contributed by atoms with Gasteiger partial charge < -0.3 is 25.4 Å². The second-order valence-electron chi connectivity index (χ2n) is 11.1. The summed E-state index contributed by atoms with van der Waals surface area (Å²) in [5, 5.41) is 15.3. The van der Waals surface area contributed by atoms with E-state index in [2.05, 4.69) is 20.2 Å². The first-order chi connectivity index (χ1) is 18.9. The molecule has 9 nitrogen and oxygen atoms in total. The lowest BCUT2D eigenvalue weighted by Gasteiger charge is -2.33. The Labute approximate surface area is 228 Å². The standard InChI is InChI=1S/C28H38F2N8O/c1-31-28(39)36-12-8-24-23(17-36)27(33-38(24)20-6-9-32-10-7-20)37-11-4-5-18-13-21(19-15-34(2)35(3)16-19)22(26(29)30)14-25(18)37/h13-15,20,26,32H,4-12,16-17H2,1-3H3,(H,31,39). The Balaban J connectivity index is 1.44. The minimum absolute atomic E-state index is 0.0641. The molecule has 0 saturated carbocycles. The number of nitrogens with one attached hydrogen (secondary N) is 2. The number of piperidine rings is 1. The molecule has 4 aliphatic rings. The molecule has 1 aromatic heterocycles. The van der Waals surface area contributed by atoms with Crippen molar-refractivity contribution in [3.05, 3.63) is 46.3 Å². The molecule has 0 atom stereocenters. The number of nitrogens with zero attached hydrogens (tertiary/aromatic N) is 6. The third-order valence-electron chi connectivity index (χ3n) is 8.71. The highest BCUT2D eigenvalue weighted by Crippen LogP contribution is 2.43. The minimum atomic E-state index is -2.59. The molecular formula is C28H38F2N8O. The van der Waals surface area contributed by atoms with Gasteiger partial charge in [-0.05, 0) is 67.6 Å². The van der Waals surface area contributed by atoms with Crippen LogP contribution in [0.15, 0.2) is 18.3 Å². The fourth-order valence-corrected chi connectivity index (χ4v) is 6.54. The predicted octanol–water partition coefficient (Wildman–Crippen LogP) is 3.66. The zero-order valence-electron chi connectivity index (χ0n) is 23.0. The van der Waals surface area contributed by atoms with Crippen LogP contribution >= 0.6 is 0 Å². The van der Waals surface area contributed by atoms with Gasteiger partial charge in [0.2, 0.25) is 0 Å². The van der Waals surface area contributed by atoms with Crippen molar-refractivity contribution in [1.29, 1.82) is 0 Å². The molecule has 0 aliphatic carbocycles. The molecule has 1 aromatic carbocycles. The summed E-state index contributed by atoms with van der Waals surface area (Å²) in [6, 6.07) is 3.87. The average molecular weight is 541 g/mol. The van der Waals surface area contributed by atoms with E-state index in [4.69, 9.17) is 5.10 Å². The molecule has 1 fully saturated rings. The maximum atomic E-state index is 14.5. The van der Waals surface area contributed by atoms with E-state index in [9.17, 15) is 13.6 Å². The molecule has 39 heavy (non-hydrogen) atoms. The normalized spacial score (nSPS) is 20.4. The number of alkyl halides is 2. The third kappa shape index (κ3) is 4.65. The summed E-state index contributed by atoms with van der Waals surface area (Å²) < 4.78 is 31.2. The van der Waals surface area contributed by atoms with Crippen molar-refractivity contribution in [1.82, 2.24) is 35.3 Å². The van der Waals surface area contributed by atoms with Crippen LogP contribution < -0.4 is 15.5 Å². The first-order valence-corrected chi connectivity index (χ1v) is 14.0. The van der Waals surface area contributed by atoms with Gasteiger partial charge in [-0.2, -0.15) is 5.10 Å². The van der Waals surface area contributed by atoms with E-state index >= 15 is 0 Å². The van der Waals surface area contributed by atoms with Crippen LogP contribution in [0.25, 0.3) is 5.57 Å². The van der Waals surface area contributed by atoms with Crippen LogP contribution in [0.5, 0.6) is 0 Å². The number of hydrazine groups is 1. The number of aryl methyl sites for hydroxylation is 1. The summed E-state index contributed by atoms with van der Waals surface area (Å²) in [7, 11) is 5.53. The Bertz CT molecular complexity index is 1280. The van der Waals surface area contributed by atoms with Gasteiger partial charge in [-0.3, -0.25) is 4.68 Å². The van der Waals surface area contributed by atoms with Gasteiger partial charge >= 0.3 is 6.03 Å². The van der Waals surface area contributed by atoms with Crippen molar-refractivity contribution in [3.8, 4) is 0 Å². The largest absolute Gasteiger partial charge is 0.341 e. The first-order valence-electron chi connectivity index (χ1n) is 14.0. The number of aromatic nitrogens is 2. The predicted molar refractivity (Wildman–Crippen MR) is 147 cm³/mol. The lowest BCUT2D eigenvalue weighted by Crippen LogP contribution is -2.42. The topological polar surface area (TPSA) is 71.9 Å². The van der Waals surface area contributed by atoms with Crippen molar-refractivity contribution < 1.29 is 13.6 Å². The maximum Gasteiger partial charge on any atom is 0.317 e. The Hall–Kier alpha value is -3.18. The fraction of sp³-hybridized carbons (Fsp3) is 0.571. The molecule has 4 aliphatic heterocycles. The van der Waals surface area contributed by atoms with Gasteiger partial charge in [0, 0.05) is 75.9 Å². The van der Waals surface area contributed by atoms with Gasteiger partial charge in [0.25, 0.3) is 6.43 Å². The van der Waals surface area contributed by atoms with Crippen LogP contribution in [-0.2, 0) is 19.4 Å². The Morgan fingerprint density at radius 1 is 1.13 bits per heavy atom. The number of likely N-dealkylation sites (N-methyl/N-ethyl adjacent to an activating group) is 1. The van der Waals surface area contributed by atoms with Gasteiger partial charge in [-0.25, -0.2) is 18.6 Å². The number of benzene rings is 1. The number of amides is 2. The molecule has 2 N–H and O–H groups in total. The maximum absolute atomic E-state index is 14.5. The summed E-state index contributed by atoms with van der Waals surface area (Å²) in [5.74, 6) is 0.811. The Morgan fingerprint density at radius 2 is 1.92 bits per heavy atom. The fourth-order valence-electron chi connectivity index (χ4n) is 6.54. The Kier molecular flexibility index (Phi) is 6.96. The smallest absolute Gasteiger partial charge is 0.317 e. The van der Waals surface area contributed by atoms with E-state index in [1.165, 1.54) is 5.69 Å². The Morgan fingerprint density at radius 3 is 2.62 bits per heavy atom. The summed E-state index contributed by atoms with van der Waals surface area (Å²) in [4.78, 5) is 16.5. The van der Waals surface area contributed by atoms with E-state index in [1.54, 1.807) is 13.1 Å². The SMILES string of the molecule is CNC(=O)N1CCc2c(c(N3CCCc4cc(C5=CN(C)N(C)C5)c(C(F)F)cc43)nn2C2CCNCC2)C1. The van der Waals surface area contributed by atoms with Gasteiger partial charge in [-0.1, -0.05) is 0 Å².